The maximum atomic E-state index is 13.2. The van der Waals surface area contributed by atoms with Crippen molar-refractivity contribution >= 4 is 0 Å². The van der Waals surface area contributed by atoms with Crippen LogP contribution in [-0.4, -0.2) is 22.9 Å². The molecule has 17 heavy (non-hydrogen) atoms. The second-order valence-electron chi connectivity index (χ2n) is 4.60. The Morgan fingerprint density at radius 3 is 2.59 bits per heavy atom. The molecule has 1 fully saturated rings. The zero-order valence-corrected chi connectivity index (χ0v) is 9.82. The molecule has 4 heteroatoms. The largest absolute Gasteiger partial charge is 0.496 e. The number of aliphatic hydroxyl groups is 2. The van der Waals surface area contributed by atoms with Gasteiger partial charge in [-0.1, -0.05) is 12.8 Å². The molecule has 94 valence electrons. The Labute approximate surface area is 99.8 Å². The highest BCUT2D eigenvalue weighted by Crippen LogP contribution is 2.42. The van der Waals surface area contributed by atoms with Crippen LogP contribution in [0.1, 0.15) is 37.4 Å². The highest BCUT2D eigenvalue weighted by atomic mass is 19.1. The van der Waals surface area contributed by atoms with Gasteiger partial charge in [0.2, 0.25) is 0 Å². The van der Waals surface area contributed by atoms with Gasteiger partial charge >= 0.3 is 0 Å². The normalized spacial score (nSPS) is 20.2. The Morgan fingerprint density at radius 2 is 2.00 bits per heavy atom. The predicted molar refractivity (Wildman–Crippen MR) is 61.3 cm³/mol. The zero-order valence-electron chi connectivity index (χ0n) is 9.82. The summed E-state index contributed by atoms with van der Waals surface area (Å²) in [7, 11) is 1.46. The fourth-order valence-electron chi connectivity index (χ4n) is 2.47. The van der Waals surface area contributed by atoms with Crippen molar-refractivity contribution in [1.29, 1.82) is 0 Å². The van der Waals surface area contributed by atoms with Gasteiger partial charge in [0.25, 0.3) is 0 Å². The molecule has 1 aromatic rings. The molecule has 1 atom stereocenters. The van der Waals surface area contributed by atoms with Crippen molar-refractivity contribution in [2.24, 2.45) is 0 Å². The van der Waals surface area contributed by atoms with Gasteiger partial charge in [0.1, 0.15) is 17.7 Å². The fraction of sp³-hybridized carbons (Fsp3) is 0.538. The van der Waals surface area contributed by atoms with Gasteiger partial charge in [-0.25, -0.2) is 4.39 Å². The molecule has 0 aromatic heterocycles. The second-order valence-corrected chi connectivity index (χ2v) is 4.60. The second kappa shape index (κ2) is 4.63. The van der Waals surface area contributed by atoms with E-state index in [0.717, 1.165) is 12.8 Å². The first-order valence-corrected chi connectivity index (χ1v) is 5.81. The Morgan fingerprint density at radius 1 is 1.35 bits per heavy atom. The Balaban J connectivity index is 2.35. The van der Waals surface area contributed by atoms with Gasteiger partial charge in [-0.2, -0.15) is 0 Å². The van der Waals surface area contributed by atoms with Crippen LogP contribution in [0.2, 0.25) is 0 Å². The van der Waals surface area contributed by atoms with Crippen molar-refractivity contribution in [2.75, 3.05) is 7.11 Å². The van der Waals surface area contributed by atoms with Gasteiger partial charge in [-0.15, -0.1) is 0 Å². The monoisotopic (exact) mass is 240 g/mol. The maximum absolute atomic E-state index is 13.2. The summed E-state index contributed by atoms with van der Waals surface area (Å²) >= 11 is 0. The summed E-state index contributed by atoms with van der Waals surface area (Å²) in [5.41, 5.74) is -0.835. The number of aliphatic hydroxyl groups excluding tert-OH is 1. The number of halogens is 1. The van der Waals surface area contributed by atoms with Crippen molar-refractivity contribution in [3.05, 3.63) is 29.6 Å². The fourth-order valence-corrected chi connectivity index (χ4v) is 2.47. The third-order valence-corrected chi connectivity index (χ3v) is 3.46. The number of methoxy groups -OCH3 is 1. The molecule has 1 unspecified atom stereocenters. The van der Waals surface area contributed by atoms with Gasteiger partial charge in [0, 0.05) is 5.56 Å². The van der Waals surface area contributed by atoms with Crippen molar-refractivity contribution in [2.45, 2.75) is 37.4 Å². The maximum Gasteiger partial charge on any atom is 0.124 e. The molecule has 0 radical (unpaired) electrons. The molecule has 1 aromatic carbocycles. The topological polar surface area (TPSA) is 49.7 Å². The standard InChI is InChI=1S/C13H17FO3/c1-17-11-5-4-9(14)8-10(11)12(15)13(16)6-2-3-7-13/h4-5,8,12,15-16H,2-3,6-7H2,1H3. The predicted octanol–water partition coefficient (Wildman–Crippen LogP) is 2.17. The first-order valence-electron chi connectivity index (χ1n) is 5.81. The number of rotatable bonds is 3. The summed E-state index contributed by atoms with van der Waals surface area (Å²) in [6.45, 7) is 0. The van der Waals surface area contributed by atoms with Gasteiger partial charge in [-0.05, 0) is 31.0 Å². The number of benzene rings is 1. The summed E-state index contributed by atoms with van der Waals surface area (Å²) in [5.74, 6) is -0.0410. The quantitative estimate of drug-likeness (QED) is 0.851. The van der Waals surface area contributed by atoms with Crippen molar-refractivity contribution in [1.82, 2.24) is 0 Å². The van der Waals surface area contributed by atoms with Crippen molar-refractivity contribution < 1.29 is 19.3 Å². The van der Waals surface area contributed by atoms with Crippen LogP contribution in [0, 0.1) is 5.82 Å². The Hall–Kier alpha value is -1.13. The molecule has 2 N–H and O–H groups in total. The third-order valence-electron chi connectivity index (χ3n) is 3.46. The van der Waals surface area contributed by atoms with E-state index in [0.29, 0.717) is 24.2 Å². The molecule has 1 saturated carbocycles. The van der Waals surface area contributed by atoms with Crippen LogP contribution in [0.25, 0.3) is 0 Å². The number of ether oxygens (including phenoxy) is 1. The molecule has 0 saturated heterocycles. The van der Waals surface area contributed by atoms with E-state index < -0.39 is 17.5 Å². The molecule has 0 spiro atoms. The molecule has 3 nitrogen and oxygen atoms in total. The number of hydrogen-bond acceptors (Lipinski definition) is 3. The van der Waals surface area contributed by atoms with Gasteiger partial charge in [0.05, 0.1) is 12.7 Å². The molecular formula is C13H17FO3. The van der Waals surface area contributed by atoms with E-state index in [4.69, 9.17) is 4.74 Å². The lowest BCUT2D eigenvalue weighted by atomic mass is 9.89. The summed E-state index contributed by atoms with van der Waals surface area (Å²) in [5, 5.41) is 20.5. The smallest absolute Gasteiger partial charge is 0.124 e. The highest BCUT2D eigenvalue weighted by molar-refractivity contribution is 5.37. The minimum atomic E-state index is -1.15. The summed E-state index contributed by atoms with van der Waals surface area (Å²) in [4.78, 5) is 0. The van der Waals surface area contributed by atoms with Crippen LogP contribution >= 0.6 is 0 Å². The van der Waals surface area contributed by atoms with Crippen molar-refractivity contribution in [3.8, 4) is 5.75 Å². The lowest BCUT2D eigenvalue weighted by Gasteiger charge is -2.29. The molecule has 1 aliphatic rings. The van der Waals surface area contributed by atoms with E-state index in [1.165, 1.54) is 25.3 Å². The van der Waals surface area contributed by atoms with Crippen LogP contribution in [0.5, 0.6) is 5.75 Å². The zero-order chi connectivity index (χ0) is 12.5. The lowest BCUT2D eigenvalue weighted by Crippen LogP contribution is -2.33. The van der Waals surface area contributed by atoms with Crippen LogP contribution < -0.4 is 4.74 Å². The first kappa shape index (κ1) is 12.3. The average Bonchev–Trinajstić information content (AvgIpc) is 2.76. The minimum Gasteiger partial charge on any atom is -0.496 e. The van der Waals surface area contributed by atoms with E-state index in [9.17, 15) is 14.6 Å². The van der Waals surface area contributed by atoms with Crippen LogP contribution in [0.15, 0.2) is 18.2 Å². The average molecular weight is 240 g/mol. The summed E-state index contributed by atoms with van der Waals surface area (Å²) < 4.78 is 18.3. The molecule has 1 aliphatic carbocycles. The van der Waals surface area contributed by atoms with E-state index in [1.807, 2.05) is 0 Å². The molecule has 0 bridgehead atoms. The molecule has 0 heterocycles. The van der Waals surface area contributed by atoms with Crippen LogP contribution in [0.3, 0.4) is 0 Å². The number of hydrogen-bond donors (Lipinski definition) is 2. The van der Waals surface area contributed by atoms with Crippen LogP contribution in [-0.2, 0) is 0 Å². The van der Waals surface area contributed by atoms with Gasteiger partial charge in [0.15, 0.2) is 0 Å². The SMILES string of the molecule is COc1ccc(F)cc1C(O)C1(O)CCCC1. The summed E-state index contributed by atoms with van der Waals surface area (Å²) in [6, 6.07) is 3.96. The van der Waals surface area contributed by atoms with Gasteiger partial charge < -0.3 is 14.9 Å². The molecule has 0 amide bonds. The van der Waals surface area contributed by atoms with Crippen molar-refractivity contribution in [3.63, 3.8) is 0 Å². The highest BCUT2D eigenvalue weighted by Gasteiger charge is 2.40. The Bertz CT molecular complexity index is 400. The molecule has 2 rings (SSSR count). The van der Waals surface area contributed by atoms with E-state index in [2.05, 4.69) is 0 Å². The van der Waals surface area contributed by atoms with Crippen LogP contribution in [0.4, 0.5) is 4.39 Å². The molecule has 0 aliphatic heterocycles. The third kappa shape index (κ3) is 2.28. The van der Waals surface area contributed by atoms with E-state index in [1.54, 1.807) is 0 Å². The van der Waals surface area contributed by atoms with E-state index >= 15 is 0 Å². The van der Waals surface area contributed by atoms with Gasteiger partial charge in [-0.3, -0.25) is 0 Å². The van der Waals surface area contributed by atoms with E-state index in [-0.39, 0.29) is 0 Å². The summed E-state index contributed by atoms with van der Waals surface area (Å²) in [6.07, 6.45) is 1.73. The molecular weight excluding hydrogens is 223 g/mol. The minimum absolute atomic E-state index is 0.317. The Kier molecular flexibility index (Phi) is 3.35. The lowest BCUT2D eigenvalue weighted by molar-refractivity contribution is -0.0728. The first-order chi connectivity index (χ1) is 8.07.